The first-order chi connectivity index (χ1) is 22.2. The number of hydrogen-bond acceptors (Lipinski definition) is 10. The first kappa shape index (κ1) is 36.5. The zero-order valence-corrected chi connectivity index (χ0v) is 29.5. The van der Waals surface area contributed by atoms with Gasteiger partial charge in [-0.15, -0.1) is 0 Å². The highest BCUT2D eigenvalue weighted by Gasteiger charge is 2.58. The van der Waals surface area contributed by atoms with Crippen LogP contribution in [-0.2, 0) is 4.74 Å². The average Bonchev–Trinajstić information content (AvgIpc) is 2.98. The summed E-state index contributed by atoms with van der Waals surface area (Å²) in [6, 6.07) is 9.00. The third-order valence-electron chi connectivity index (χ3n) is 10.0. The molecule has 11 heteroatoms. The van der Waals surface area contributed by atoms with Gasteiger partial charge in [-0.05, 0) is 119 Å². The first-order valence-electron chi connectivity index (χ1n) is 17.6. The monoisotopic (exact) mass is 652 g/mol. The van der Waals surface area contributed by atoms with Gasteiger partial charge in [-0.2, -0.15) is 0 Å². The Balaban J connectivity index is 0.000000162. The predicted molar refractivity (Wildman–Crippen MR) is 191 cm³/mol. The Hall–Kier alpha value is -3.31. The standard InChI is InChI=1S/C15H24N2O2.C12H21N.C9H15N5O/c1-4-5-10-16-14-8-6-13(7-9-14)15(18)19-12-11-17(2)3;1-10-3-9-4-11(2,6-10)8-12(13,5-9)7-10;10-7-6-8(12-9(11)14(7)15)13-4-2-1-3-5-13/h6-9,16H,4-5,10-12H2,1-3H3;9H,3-8,13H2,1-2H3;6H,1-5,10H2,(H2,11,12). The van der Waals surface area contributed by atoms with Crippen molar-refractivity contribution in [2.45, 2.75) is 96.9 Å². The van der Waals surface area contributed by atoms with E-state index in [-0.39, 0.29) is 23.3 Å². The molecule has 2 heterocycles. The van der Waals surface area contributed by atoms with Crippen molar-refractivity contribution in [1.82, 2.24) is 9.88 Å². The number of nitrogen functional groups attached to an aromatic ring is 2. The molecule has 5 fully saturated rings. The van der Waals surface area contributed by atoms with Gasteiger partial charge in [0.05, 0.1) is 11.6 Å². The second-order valence-corrected chi connectivity index (χ2v) is 15.5. The highest BCUT2D eigenvalue weighted by atomic mass is 16.5. The van der Waals surface area contributed by atoms with Gasteiger partial charge in [0.25, 0.3) is 0 Å². The van der Waals surface area contributed by atoms with Crippen molar-refractivity contribution in [3.05, 3.63) is 41.1 Å². The molecular formula is C36H60N8O3. The van der Waals surface area contributed by atoms with E-state index in [0.717, 1.165) is 57.0 Å². The second kappa shape index (κ2) is 15.7. The molecule has 1 aromatic carbocycles. The summed E-state index contributed by atoms with van der Waals surface area (Å²) in [5.41, 5.74) is 20.5. The SMILES string of the molecule is CC12CC3CC(C)(C1)CC(N)(C3)C2.CCCCNc1ccc(C(=O)OCCN(C)C)cc1.Nc1cc(N2CCCCC2)nc(N)[n+]1[O-]. The molecule has 1 saturated heterocycles. The number of esters is 1. The lowest BCUT2D eigenvalue weighted by molar-refractivity contribution is -0.576. The van der Waals surface area contributed by atoms with E-state index in [1.165, 1.54) is 51.4 Å². The molecule has 4 saturated carbocycles. The average molecular weight is 653 g/mol. The molecule has 5 aliphatic rings. The summed E-state index contributed by atoms with van der Waals surface area (Å²) in [6.07, 6.45) is 14.1. The fraction of sp³-hybridized carbons (Fsp3) is 0.694. The van der Waals surface area contributed by atoms with Crippen LogP contribution in [0.25, 0.3) is 0 Å². The smallest absolute Gasteiger partial charge is 0.346 e. The summed E-state index contributed by atoms with van der Waals surface area (Å²) in [5, 5.41) is 14.5. The summed E-state index contributed by atoms with van der Waals surface area (Å²) < 4.78 is 5.61. The van der Waals surface area contributed by atoms with Crippen molar-refractivity contribution in [2.75, 3.05) is 68.6 Å². The van der Waals surface area contributed by atoms with Crippen molar-refractivity contribution in [2.24, 2.45) is 22.5 Å². The molecule has 4 bridgehead atoms. The van der Waals surface area contributed by atoms with E-state index in [1.807, 2.05) is 31.1 Å². The number of nitrogens with two attached hydrogens (primary N) is 3. The molecule has 0 spiro atoms. The number of piperidine rings is 1. The minimum atomic E-state index is -0.262. The van der Waals surface area contributed by atoms with Gasteiger partial charge in [-0.1, -0.05) is 32.2 Å². The normalized spacial score (nSPS) is 27.4. The molecule has 1 aromatic heterocycles. The highest BCUT2D eigenvalue weighted by Crippen LogP contribution is 2.65. The van der Waals surface area contributed by atoms with Crippen LogP contribution < -0.4 is 32.1 Å². The molecule has 11 nitrogen and oxygen atoms in total. The van der Waals surface area contributed by atoms with Crippen LogP contribution in [0.15, 0.2) is 30.3 Å². The van der Waals surface area contributed by atoms with Gasteiger partial charge in [0.1, 0.15) is 6.61 Å². The van der Waals surface area contributed by atoms with Gasteiger partial charge in [0, 0.05) is 37.4 Å². The van der Waals surface area contributed by atoms with E-state index in [1.54, 1.807) is 18.2 Å². The van der Waals surface area contributed by atoms with Crippen molar-refractivity contribution >= 4 is 29.2 Å². The number of carbonyl (C=O) groups excluding carboxylic acids is 1. The predicted octanol–water partition coefficient (Wildman–Crippen LogP) is 5.18. The molecule has 0 radical (unpaired) electrons. The van der Waals surface area contributed by atoms with E-state index < -0.39 is 0 Å². The maximum atomic E-state index is 11.7. The quantitative estimate of drug-likeness (QED) is 0.123. The van der Waals surface area contributed by atoms with E-state index in [4.69, 9.17) is 21.9 Å². The van der Waals surface area contributed by atoms with Gasteiger partial charge in [0.15, 0.2) is 11.6 Å². The fourth-order valence-corrected chi connectivity index (χ4v) is 8.88. The summed E-state index contributed by atoms with van der Waals surface area (Å²) in [6.45, 7) is 11.1. The minimum Gasteiger partial charge on any atom is -0.754 e. The van der Waals surface area contributed by atoms with Crippen LogP contribution in [0.3, 0.4) is 0 Å². The third kappa shape index (κ3) is 10.3. The number of nitrogens with zero attached hydrogens (tertiary/aromatic N) is 4. The summed E-state index contributed by atoms with van der Waals surface area (Å²) >= 11 is 0. The summed E-state index contributed by atoms with van der Waals surface area (Å²) in [5.74, 6) is 1.41. The lowest BCUT2D eigenvalue weighted by atomic mass is 9.43. The minimum absolute atomic E-state index is 0.0874. The van der Waals surface area contributed by atoms with Gasteiger partial charge in [0.2, 0.25) is 0 Å². The first-order valence-corrected chi connectivity index (χ1v) is 17.6. The van der Waals surface area contributed by atoms with E-state index in [0.29, 0.717) is 33.5 Å². The number of hydrogen-bond donors (Lipinski definition) is 4. The molecule has 262 valence electrons. The summed E-state index contributed by atoms with van der Waals surface area (Å²) in [4.78, 5) is 19.9. The maximum absolute atomic E-state index is 11.7. The number of anilines is 4. The van der Waals surface area contributed by atoms with Crippen LogP contribution in [-0.4, -0.2) is 68.3 Å². The third-order valence-corrected chi connectivity index (χ3v) is 10.0. The van der Waals surface area contributed by atoms with Gasteiger partial charge in [-0.3, -0.25) is 0 Å². The lowest BCUT2D eigenvalue weighted by Crippen LogP contribution is -2.62. The Labute approximate surface area is 282 Å². The van der Waals surface area contributed by atoms with Gasteiger partial charge >= 0.3 is 11.9 Å². The van der Waals surface area contributed by atoms with Crippen LogP contribution in [0.1, 0.15) is 102 Å². The van der Waals surface area contributed by atoms with Crippen LogP contribution in [0, 0.1) is 22.0 Å². The number of ether oxygens (including phenoxy) is 1. The summed E-state index contributed by atoms with van der Waals surface area (Å²) in [7, 11) is 3.90. The molecule has 2 aromatic rings. The zero-order valence-electron chi connectivity index (χ0n) is 29.5. The molecule has 4 aliphatic carbocycles. The fourth-order valence-electron chi connectivity index (χ4n) is 8.88. The number of likely N-dealkylation sites (N-methyl/N-ethyl adjacent to an activating group) is 1. The van der Waals surface area contributed by atoms with Crippen LogP contribution in [0.4, 0.5) is 23.3 Å². The van der Waals surface area contributed by atoms with Crippen molar-refractivity contribution in [3.63, 3.8) is 0 Å². The molecule has 7 N–H and O–H groups in total. The molecular weight excluding hydrogens is 592 g/mol. The van der Waals surface area contributed by atoms with Crippen molar-refractivity contribution in [1.29, 1.82) is 0 Å². The van der Waals surface area contributed by atoms with Crippen molar-refractivity contribution < 1.29 is 14.3 Å². The Morgan fingerprint density at radius 1 is 1.06 bits per heavy atom. The van der Waals surface area contributed by atoms with Crippen LogP contribution in [0.2, 0.25) is 0 Å². The number of aromatic nitrogens is 2. The highest BCUT2D eigenvalue weighted by molar-refractivity contribution is 5.89. The van der Waals surface area contributed by atoms with E-state index >= 15 is 0 Å². The Morgan fingerprint density at radius 3 is 2.23 bits per heavy atom. The number of benzene rings is 1. The molecule has 47 heavy (non-hydrogen) atoms. The van der Waals surface area contributed by atoms with Crippen molar-refractivity contribution in [3.8, 4) is 0 Å². The maximum Gasteiger partial charge on any atom is 0.346 e. The van der Waals surface area contributed by atoms with E-state index in [9.17, 15) is 10.0 Å². The second-order valence-electron chi connectivity index (χ2n) is 15.5. The largest absolute Gasteiger partial charge is 0.754 e. The number of unbranched alkanes of at least 4 members (excludes halogenated alkanes) is 1. The zero-order chi connectivity index (χ0) is 34.2. The van der Waals surface area contributed by atoms with Gasteiger partial charge < -0.3 is 42.3 Å². The molecule has 7 rings (SSSR count). The molecule has 2 unspecified atom stereocenters. The topological polar surface area (TPSA) is 163 Å². The number of nitrogens with one attached hydrogen (secondary N) is 1. The van der Waals surface area contributed by atoms with Crippen LogP contribution in [0.5, 0.6) is 0 Å². The number of rotatable bonds is 9. The van der Waals surface area contributed by atoms with E-state index in [2.05, 4.69) is 36.0 Å². The number of carbonyl (C=O) groups is 1. The molecule has 0 amide bonds. The Bertz CT molecular complexity index is 1240. The van der Waals surface area contributed by atoms with Gasteiger partial charge in [-0.25, -0.2) is 9.52 Å². The lowest BCUT2D eigenvalue weighted by Gasteiger charge is -2.64. The molecule has 2 atom stereocenters. The molecule has 1 aliphatic heterocycles. The van der Waals surface area contributed by atoms with Crippen LogP contribution >= 0.6 is 0 Å². The Morgan fingerprint density at radius 2 is 1.70 bits per heavy atom. The Kier molecular flexibility index (Phi) is 12.2.